The molecule has 2 N–H and O–H groups in total. The number of benzene rings is 3. The SMILES string of the molecule is COC(=O)c1ccc2c(c1)NC(=O)/C2=C(\Nc1ccc2c(c1)CCN2C(=O)Cc1cncnc1)c1ccccc1. The summed E-state index contributed by atoms with van der Waals surface area (Å²) in [6.07, 6.45) is 5.71. The molecule has 0 atom stereocenters. The summed E-state index contributed by atoms with van der Waals surface area (Å²) in [4.78, 5) is 48.1. The number of nitrogens with one attached hydrogen (secondary N) is 2. The van der Waals surface area contributed by atoms with E-state index < -0.39 is 5.97 Å². The number of carbonyl (C=O) groups is 3. The standard InChI is InChI=1S/C31H25N5O4/c1-40-31(39)22-7-9-24-25(15-22)35-30(38)28(24)29(20-5-3-2-4-6-20)34-23-8-10-26-21(14-23)11-12-36(26)27(37)13-19-16-32-18-33-17-19/h2-10,14-18,34H,11-13H2,1H3,(H,35,38)/b29-28-. The van der Waals surface area contributed by atoms with E-state index >= 15 is 0 Å². The lowest BCUT2D eigenvalue weighted by molar-refractivity contribution is -0.118. The van der Waals surface area contributed by atoms with Gasteiger partial charge in [0.15, 0.2) is 0 Å². The number of anilines is 3. The van der Waals surface area contributed by atoms with E-state index in [-0.39, 0.29) is 18.2 Å². The van der Waals surface area contributed by atoms with Crippen molar-refractivity contribution in [1.29, 1.82) is 0 Å². The van der Waals surface area contributed by atoms with Crippen LogP contribution in [0.1, 0.15) is 32.6 Å². The predicted octanol–water partition coefficient (Wildman–Crippen LogP) is 4.33. The van der Waals surface area contributed by atoms with Gasteiger partial charge in [0.1, 0.15) is 6.33 Å². The highest BCUT2D eigenvalue weighted by Gasteiger charge is 2.30. The lowest BCUT2D eigenvalue weighted by Gasteiger charge is -2.19. The first-order valence-electron chi connectivity index (χ1n) is 12.8. The average molecular weight is 532 g/mol. The molecule has 0 radical (unpaired) electrons. The Morgan fingerprint density at radius 3 is 2.58 bits per heavy atom. The van der Waals surface area contributed by atoms with E-state index in [2.05, 4.69) is 20.6 Å². The maximum atomic E-state index is 13.3. The van der Waals surface area contributed by atoms with Gasteiger partial charge in [0, 0.05) is 35.9 Å². The third kappa shape index (κ3) is 4.69. The number of fused-ring (bicyclic) bond motifs is 2. The molecular formula is C31H25N5O4. The van der Waals surface area contributed by atoms with Crippen LogP contribution >= 0.6 is 0 Å². The molecule has 3 aromatic carbocycles. The first kappa shape index (κ1) is 25.0. The van der Waals surface area contributed by atoms with Crippen LogP contribution in [0, 0.1) is 0 Å². The number of ether oxygens (including phenoxy) is 1. The van der Waals surface area contributed by atoms with Gasteiger partial charge in [-0.25, -0.2) is 14.8 Å². The summed E-state index contributed by atoms with van der Waals surface area (Å²) in [6, 6.07) is 20.5. The number of hydrogen-bond acceptors (Lipinski definition) is 7. The monoisotopic (exact) mass is 531 g/mol. The second-order valence-corrected chi connectivity index (χ2v) is 9.51. The number of esters is 1. The maximum Gasteiger partial charge on any atom is 0.337 e. The van der Waals surface area contributed by atoms with Crippen LogP contribution in [0.5, 0.6) is 0 Å². The van der Waals surface area contributed by atoms with Crippen molar-refractivity contribution in [2.45, 2.75) is 12.8 Å². The molecule has 2 aliphatic heterocycles. The summed E-state index contributed by atoms with van der Waals surface area (Å²) in [5, 5.41) is 6.36. The molecule has 9 nitrogen and oxygen atoms in total. The zero-order chi connectivity index (χ0) is 27.6. The Bertz CT molecular complexity index is 1670. The fourth-order valence-electron chi connectivity index (χ4n) is 5.12. The van der Waals surface area contributed by atoms with Crippen LogP contribution in [-0.4, -0.2) is 41.4 Å². The van der Waals surface area contributed by atoms with Gasteiger partial charge < -0.3 is 20.3 Å². The minimum Gasteiger partial charge on any atom is -0.465 e. The quantitative estimate of drug-likeness (QED) is 0.281. The number of nitrogens with zero attached hydrogens (tertiary/aromatic N) is 3. The van der Waals surface area contributed by atoms with Crippen molar-refractivity contribution in [3.8, 4) is 0 Å². The molecule has 40 heavy (non-hydrogen) atoms. The third-order valence-electron chi connectivity index (χ3n) is 7.01. The molecule has 4 aromatic rings. The Morgan fingerprint density at radius 2 is 1.80 bits per heavy atom. The third-order valence-corrected chi connectivity index (χ3v) is 7.01. The largest absolute Gasteiger partial charge is 0.465 e. The molecule has 0 spiro atoms. The van der Waals surface area contributed by atoms with Gasteiger partial charge in [-0.15, -0.1) is 0 Å². The van der Waals surface area contributed by atoms with Crippen LogP contribution < -0.4 is 15.5 Å². The van der Waals surface area contributed by atoms with Crippen molar-refractivity contribution in [2.24, 2.45) is 0 Å². The summed E-state index contributed by atoms with van der Waals surface area (Å²) in [6.45, 7) is 0.594. The molecule has 2 aliphatic rings. The van der Waals surface area contributed by atoms with Gasteiger partial charge in [-0.2, -0.15) is 0 Å². The zero-order valence-corrected chi connectivity index (χ0v) is 21.7. The Morgan fingerprint density at radius 1 is 1.00 bits per heavy atom. The van der Waals surface area contributed by atoms with Gasteiger partial charge in [-0.1, -0.05) is 36.4 Å². The Hall–Kier alpha value is -5.31. The van der Waals surface area contributed by atoms with Gasteiger partial charge in [0.25, 0.3) is 5.91 Å². The summed E-state index contributed by atoms with van der Waals surface area (Å²) in [5.41, 5.74) is 7.01. The van der Waals surface area contributed by atoms with E-state index in [1.54, 1.807) is 35.5 Å². The predicted molar refractivity (Wildman–Crippen MR) is 152 cm³/mol. The van der Waals surface area contributed by atoms with Crippen molar-refractivity contribution in [1.82, 2.24) is 9.97 Å². The number of carbonyl (C=O) groups excluding carboxylic acids is 3. The molecule has 2 amide bonds. The highest BCUT2D eigenvalue weighted by Crippen LogP contribution is 2.39. The van der Waals surface area contributed by atoms with E-state index in [1.807, 2.05) is 48.5 Å². The summed E-state index contributed by atoms with van der Waals surface area (Å²) >= 11 is 0. The number of methoxy groups -OCH3 is 1. The van der Waals surface area contributed by atoms with E-state index in [4.69, 9.17) is 4.74 Å². The summed E-state index contributed by atoms with van der Waals surface area (Å²) in [5.74, 6) is -0.753. The molecule has 6 rings (SSSR count). The molecular weight excluding hydrogens is 506 g/mol. The van der Waals surface area contributed by atoms with E-state index in [1.165, 1.54) is 13.4 Å². The fraction of sp³-hybridized carbons (Fsp3) is 0.129. The average Bonchev–Trinajstić information content (AvgIpc) is 3.56. The van der Waals surface area contributed by atoms with E-state index in [0.29, 0.717) is 34.6 Å². The second-order valence-electron chi connectivity index (χ2n) is 9.51. The first-order chi connectivity index (χ1) is 19.5. The number of hydrogen-bond donors (Lipinski definition) is 2. The second kappa shape index (κ2) is 10.5. The zero-order valence-electron chi connectivity index (χ0n) is 21.7. The highest BCUT2D eigenvalue weighted by molar-refractivity contribution is 6.37. The molecule has 0 aliphatic carbocycles. The van der Waals surface area contributed by atoms with Crippen LogP contribution in [0.4, 0.5) is 17.1 Å². The van der Waals surface area contributed by atoms with E-state index in [9.17, 15) is 14.4 Å². The number of amides is 2. The minimum atomic E-state index is -0.473. The van der Waals surface area contributed by atoms with Gasteiger partial charge >= 0.3 is 5.97 Å². The van der Waals surface area contributed by atoms with Crippen LogP contribution in [-0.2, 0) is 27.2 Å². The normalized spacial score (nSPS) is 14.7. The van der Waals surface area contributed by atoms with Crippen LogP contribution in [0.3, 0.4) is 0 Å². The van der Waals surface area contributed by atoms with Gasteiger partial charge in [-0.05, 0) is 53.4 Å². The van der Waals surface area contributed by atoms with Crippen LogP contribution in [0.15, 0.2) is 85.5 Å². The van der Waals surface area contributed by atoms with Gasteiger partial charge in [0.2, 0.25) is 5.91 Å². The molecule has 0 bridgehead atoms. The summed E-state index contributed by atoms with van der Waals surface area (Å²) < 4.78 is 4.83. The number of aromatic nitrogens is 2. The lowest BCUT2D eigenvalue weighted by Crippen LogP contribution is -2.30. The summed E-state index contributed by atoms with van der Waals surface area (Å²) in [7, 11) is 1.32. The molecule has 198 valence electrons. The van der Waals surface area contributed by atoms with Crippen molar-refractivity contribution < 1.29 is 19.1 Å². The van der Waals surface area contributed by atoms with Crippen LogP contribution in [0.2, 0.25) is 0 Å². The van der Waals surface area contributed by atoms with Gasteiger partial charge in [-0.3, -0.25) is 9.59 Å². The fourth-order valence-corrected chi connectivity index (χ4v) is 5.12. The minimum absolute atomic E-state index is 0.00749. The molecule has 0 fully saturated rings. The van der Waals surface area contributed by atoms with Crippen molar-refractivity contribution in [2.75, 3.05) is 29.2 Å². The van der Waals surface area contributed by atoms with Crippen molar-refractivity contribution in [3.63, 3.8) is 0 Å². The smallest absolute Gasteiger partial charge is 0.337 e. The van der Waals surface area contributed by atoms with Crippen molar-refractivity contribution in [3.05, 3.63) is 113 Å². The Labute approximate surface area is 230 Å². The maximum absolute atomic E-state index is 13.3. The first-order valence-corrected chi connectivity index (χ1v) is 12.8. The van der Waals surface area contributed by atoms with Crippen molar-refractivity contribution >= 4 is 46.1 Å². The molecule has 9 heteroatoms. The Kier molecular flexibility index (Phi) is 6.53. The molecule has 3 heterocycles. The molecule has 1 aromatic heterocycles. The Balaban J connectivity index is 1.33. The van der Waals surface area contributed by atoms with Crippen LogP contribution in [0.25, 0.3) is 11.3 Å². The lowest BCUT2D eigenvalue weighted by atomic mass is 9.99. The van der Waals surface area contributed by atoms with Gasteiger partial charge in [0.05, 0.1) is 36.1 Å². The molecule has 0 unspecified atom stereocenters. The number of rotatable bonds is 6. The molecule has 0 saturated carbocycles. The van der Waals surface area contributed by atoms with E-state index in [0.717, 1.165) is 34.5 Å². The highest BCUT2D eigenvalue weighted by atomic mass is 16.5. The molecule has 0 saturated heterocycles. The topological polar surface area (TPSA) is 114 Å².